The van der Waals surface area contributed by atoms with E-state index in [2.05, 4.69) is 26.0 Å². The van der Waals surface area contributed by atoms with Crippen molar-refractivity contribution >= 4 is 11.7 Å². The van der Waals surface area contributed by atoms with Crippen LogP contribution in [0.5, 0.6) is 0 Å². The van der Waals surface area contributed by atoms with Crippen LogP contribution in [-0.4, -0.2) is 35.7 Å². The van der Waals surface area contributed by atoms with E-state index in [9.17, 15) is 9.59 Å². The second-order valence-electron chi connectivity index (χ2n) is 7.05. The number of nitrogens with zero attached hydrogens (tertiary/aromatic N) is 1. The molecule has 0 unspecified atom stereocenters. The highest BCUT2D eigenvalue weighted by Crippen LogP contribution is 2.22. The summed E-state index contributed by atoms with van der Waals surface area (Å²) in [6.45, 7) is 7.34. The smallest absolute Gasteiger partial charge is 0.239 e. The molecular formula is C19H28N2O2. The molecule has 0 radical (unpaired) electrons. The summed E-state index contributed by atoms with van der Waals surface area (Å²) in [5.41, 5.74) is 7.70. The number of likely N-dealkylation sites (tertiary alicyclic amines) is 1. The third kappa shape index (κ3) is 4.64. The van der Waals surface area contributed by atoms with Crippen LogP contribution in [0.4, 0.5) is 0 Å². The van der Waals surface area contributed by atoms with Gasteiger partial charge in [0.15, 0.2) is 5.78 Å². The van der Waals surface area contributed by atoms with Gasteiger partial charge in [-0.1, -0.05) is 38.1 Å². The van der Waals surface area contributed by atoms with Gasteiger partial charge in [0.25, 0.3) is 0 Å². The van der Waals surface area contributed by atoms with E-state index in [1.807, 2.05) is 12.1 Å². The summed E-state index contributed by atoms with van der Waals surface area (Å²) in [6, 6.07) is 7.54. The van der Waals surface area contributed by atoms with E-state index in [0.717, 1.165) is 24.8 Å². The van der Waals surface area contributed by atoms with Crippen LogP contribution in [0.2, 0.25) is 0 Å². The van der Waals surface area contributed by atoms with Crippen molar-refractivity contribution in [2.45, 2.75) is 46.1 Å². The molecule has 1 aromatic carbocycles. The predicted octanol–water partition coefficient (Wildman–Crippen LogP) is 2.65. The maximum atomic E-state index is 12.6. The summed E-state index contributed by atoms with van der Waals surface area (Å²) in [4.78, 5) is 26.3. The highest BCUT2D eigenvalue weighted by atomic mass is 16.2. The predicted molar refractivity (Wildman–Crippen MR) is 92.3 cm³/mol. The fourth-order valence-electron chi connectivity index (χ4n) is 3.16. The summed E-state index contributed by atoms with van der Waals surface area (Å²) in [7, 11) is 0. The van der Waals surface area contributed by atoms with Gasteiger partial charge in [0.2, 0.25) is 5.91 Å². The van der Waals surface area contributed by atoms with Crippen molar-refractivity contribution in [3.8, 4) is 0 Å². The minimum absolute atomic E-state index is 0.0167. The minimum atomic E-state index is -0.462. The van der Waals surface area contributed by atoms with Crippen molar-refractivity contribution in [3.63, 3.8) is 0 Å². The molecule has 0 aliphatic carbocycles. The Hall–Kier alpha value is -1.68. The molecule has 1 atom stereocenters. The third-order valence-corrected chi connectivity index (χ3v) is 4.45. The molecule has 1 saturated heterocycles. The van der Waals surface area contributed by atoms with Crippen LogP contribution in [0.15, 0.2) is 24.3 Å². The Morgan fingerprint density at radius 2 is 1.70 bits per heavy atom. The van der Waals surface area contributed by atoms with E-state index < -0.39 is 6.04 Å². The molecule has 1 fully saturated rings. The zero-order valence-electron chi connectivity index (χ0n) is 14.4. The topological polar surface area (TPSA) is 63.4 Å². The number of carbonyl (C=O) groups is 2. The lowest BCUT2D eigenvalue weighted by Crippen LogP contribution is -2.46. The Morgan fingerprint density at radius 1 is 1.13 bits per heavy atom. The van der Waals surface area contributed by atoms with E-state index in [1.165, 1.54) is 5.56 Å². The minimum Gasteiger partial charge on any atom is -0.341 e. The number of carbonyl (C=O) groups excluding carboxylic acids is 2. The van der Waals surface area contributed by atoms with Crippen LogP contribution in [0, 0.1) is 11.8 Å². The molecule has 2 rings (SSSR count). The van der Waals surface area contributed by atoms with E-state index in [4.69, 9.17) is 5.73 Å². The summed E-state index contributed by atoms with van der Waals surface area (Å²) >= 11 is 0. The first-order chi connectivity index (χ1) is 10.9. The lowest BCUT2D eigenvalue weighted by Gasteiger charge is -2.32. The molecule has 1 amide bonds. The van der Waals surface area contributed by atoms with Crippen LogP contribution in [0.1, 0.15) is 49.5 Å². The molecule has 4 nitrogen and oxygen atoms in total. The van der Waals surface area contributed by atoms with Gasteiger partial charge in [-0.2, -0.15) is 0 Å². The summed E-state index contributed by atoms with van der Waals surface area (Å²) < 4.78 is 0. The van der Waals surface area contributed by atoms with Crippen molar-refractivity contribution in [1.29, 1.82) is 0 Å². The summed E-state index contributed by atoms with van der Waals surface area (Å²) in [5, 5.41) is 0. The first-order valence-corrected chi connectivity index (χ1v) is 8.56. The monoisotopic (exact) mass is 316 g/mol. The fourth-order valence-corrected chi connectivity index (χ4v) is 3.16. The van der Waals surface area contributed by atoms with Crippen LogP contribution in [-0.2, 0) is 11.2 Å². The third-order valence-electron chi connectivity index (χ3n) is 4.45. The number of hydrogen-bond acceptors (Lipinski definition) is 3. The van der Waals surface area contributed by atoms with Gasteiger partial charge in [0.05, 0.1) is 6.04 Å². The van der Waals surface area contributed by atoms with Crippen molar-refractivity contribution < 1.29 is 9.59 Å². The first-order valence-electron chi connectivity index (χ1n) is 8.56. The van der Waals surface area contributed by atoms with Gasteiger partial charge >= 0.3 is 0 Å². The number of piperidine rings is 1. The molecule has 126 valence electrons. The Labute approximate surface area is 139 Å². The lowest BCUT2D eigenvalue weighted by atomic mass is 9.88. The molecule has 0 aromatic heterocycles. The number of rotatable bonds is 5. The molecule has 1 aliphatic rings. The Kier molecular flexibility index (Phi) is 5.94. The van der Waals surface area contributed by atoms with Gasteiger partial charge in [0.1, 0.15) is 0 Å². The Morgan fingerprint density at radius 3 is 2.17 bits per heavy atom. The summed E-state index contributed by atoms with van der Waals surface area (Å²) in [6.07, 6.45) is 2.49. The largest absolute Gasteiger partial charge is 0.341 e. The second-order valence-corrected chi connectivity index (χ2v) is 7.05. The number of amides is 1. The van der Waals surface area contributed by atoms with Gasteiger partial charge in [-0.3, -0.25) is 9.59 Å². The SMILES string of the molecule is CC(C)Cc1ccc(C(=O)C2CCN(C(=O)[C@@H](C)N)CC2)cc1. The zero-order valence-corrected chi connectivity index (χ0v) is 14.4. The molecule has 1 aromatic rings. The first kappa shape index (κ1) is 17.7. The maximum Gasteiger partial charge on any atom is 0.239 e. The van der Waals surface area contributed by atoms with Crippen molar-refractivity contribution in [1.82, 2.24) is 4.90 Å². The van der Waals surface area contributed by atoms with E-state index in [-0.39, 0.29) is 17.6 Å². The second kappa shape index (κ2) is 7.73. The molecule has 4 heteroatoms. The van der Waals surface area contributed by atoms with Gasteiger partial charge in [-0.15, -0.1) is 0 Å². The van der Waals surface area contributed by atoms with E-state index in [1.54, 1.807) is 11.8 Å². The molecule has 0 spiro atoms. The molecule has 2 N–H and O–H groups in total. The van der Waals surface area contributed by atoms with Crippen LogP contribution in [0.25, 0.3) is 0 Å². The number of hydrogen-bond donors (Lipinski definition) is 1. The molecule has 0 bridgehead atoms. The van der Waals surface area contributed by atoms with E-state index >= 15 is 0 Å². The van der Waals surface area contributed by atoms with Crippen molar-refractivity contribution in [2.24, 2.45) is 17.6 Å². The average molecular weight is 316 g/mol. The summed E-state index contributed by atoms with van der Waals surface area (Å²) in [5.74, 6) is 0.814. The van der Waals surface area contributed by atoms with Crippen molar-refractivity contribution in [3.05, 3.63) is 35.4 Å². The number of nitrogens with two attached hydrogens (primary N) is 1. The number of benzene rings is 1. The van der Waals surface area contributed by atoms with Crippen LogP contribution >= 0.6 is 0 Å². The van der Waals surface area contributed by atoms with E-state index in [0.29, 0.717) is 19.0 Å². The number of Topliss-reactive ketones (excluding diaryl/α,β-unsaturated/α-hetero) is 1. The van der Waals surface area contributed by atoms with Gasteiger partial charge in [-0.05, 0) is 37.7 Å². The van der Waals surface area contributed by atoms with Gasteiger partial charge in [-0.25, -0.2) is 0 Å². The molecular weight excluding hydrogens is 288 g/mol. The fraction of sp³-hybridized carbons (Fsp3) is 0.579. The van der Waals surface area contributed by atoms with Crippen molar-refractivity contribution in [2.75, 3.05) is 13.1 Å². The molecule has 23 heavy (non-hydrogen) atoms. The average Bonchev–Trinajstić information content (AvgIpc) is 2.53. The quantitative estimate of drug-likeness (QED) is 0.849. The Balaban J connectivity index is 1.93. The maximum absolute atomic E-state index is 12.6. The molecule has 1 aliphatic heterocycles. The normalized spacial score (nSPS) is 17.3. The highest BCUT2D eigenvalue weighted by molar-refractivity contribution is 5.98. The molecule has 0 saturated carbocycles. The highest BCUT2D eigenvalue weighted by Gasteiger charge is 2.28. The lowest BCUT2D eigenvalue weighted by molar-refractivity contribution is -0.133. The zero-order chi connectivity index (χ0) is 17.0. The van der Waals surface area contributed by atoms with Crippen LogP contribution in [0.3, 0.4) is 0 Å². The van der Waals surface area contributed by atoms with Gasteiger partial charge < -0.3 is 10.6 Å². The molecule has 1 heterocycles. The Bertz CT molecular complexity index is 541. The van der Waals surface area contributed by atoms with Gasteiger partial charge in [0, 0.05) is 24.6 Å². The van der Waals surface area contributed by atoms with Crippen LogP contribution < -0.4 is 5.73 Å². The number of ketones is 1. The standard InChI is InChI=1S/C19H28N2O2/c1-13(2)12-15-4-6-16(7-5-15)18(22)17-8-10-21(11-9-17)19(23)14(3)20/h4-7,13-14,17H,8-12,20H2,1-3H3/t14-/m1/s1.